The van der Waals surface area contributed by atoms with Gasteiger partial charge in [-0.05, 0) is 59.6 Å². The average Bonchev–Trinajstić information content (AvgIpc) is 3.05. The van der Waals surface area contributed by atoms with Gasteiger partial charge in [-0.25, -0.2) is 4.79 Å². The molecule has 1 atom stereocenters. The number of para-hydroxylation sites is 1. The summed E-state index contributed by atoms with van der Waals surface area (Å²) in [6.07, 6.45) is -0.188. The topological polar surface area (TPSA) is 116 Å². The molecule has 2 aromatic rings. The van der Waals surface area contributed by atoms with Gasteiger partial charge in [0.1, 0.15) is 5.60 Å². The summed E-state index contributed by atoms with van der Waals surface area (Å²) in [4.78, 5) is 28.4. The van der Waals surface area contributed by atoms with E-state index in [1.54, 1.807) is 41.5 Å². The SMILES string of the molecule is CCOC(=O)C(c1[nH]c2ccccc2c1CCNC(=O)OC(C)(C)C)P(=O)(OCC)OCC. The van der Waals surface area contributed by atoms with Crippen LogP contribution in [0.25, 0.3) is 10.9 Å². The molecule has 1 amide bonds. The highest BCUT2D eigenvalue weighted by Gasteiger charge is 2.46. The number of alkyl carbamates (subject to hydrolysis) is 1. The van der Waals surface area contributed by atoms with Crippen molar-refractivity contribution in [3.8, 4) is 0 Å². The quantitative estimate of drug-likeness (QED) is 0.338. The molecule has 1 unspecified atom stereocenters. The Labute approximate surface area is 195 Å². The number of amides is 1. The summed E-state index contributed by atoms with van der Waals surface area (Å²) in [5, 5.41) is 3.57. The highest BCUT2D eigenvalue weighted by molar-refractivity contribution is 7.55. The first-order chi connectivity index (χ1) is 15.6. The van der Waals surface area contributed by atoms with Crippen molar-refractivity contribution in [3.63, 3.8) is 0 Å². The Morgan fingerprint density at radius 1 is 1.06 bits per heavy atom. The molecule has 2 rings (SSSR count). The zero-order valence-corrected chi connectivity index (χ0v) is 21.1. The van der Waals surface area contributed by atoms with E-state index in [-0.39, 0.29) is 26.4 Å². The molecule has 9 nitrogen and oxygen atoms in total. The molecular formula is C23H35N2O7P. The smallest absolute Gasteiger partial charge is 0.407 e. The minimum absolute atomic E-state index is 0.100. The third-order valence-corrected chi connectivity index (χ3v) is 6.95. The lowest BCUT2D eigenvalue weighted by Gasteiger charge is -2.25. The molecule has 10 heteroatoms. The third-order valence-electron chi connectivity index (χ3n) is 4.61. The lowest BCUT2D eigenvalue weighted by Crippen LogP contribution is -2.33. The fourth-order valence-electron chi connectivity index (χ4n) is 3.50. The molecule has 0 saturated heterocycles. The van der Waals surface area contributed by atoms with Crippen molar-refractivity contribution < 1.29 is 32.7 Å². The van der Waals surface area contributed by atoms with Crippen molar-refractivity contribution in [2.24, 2.45) is 0 Å². The highest BCUT2D eigenvalue weighted by Crippen LogP contribution is 2.62. The van der Waals surface area contributed by atoms with Gasteiger partial charge in [0.2, 0.25) is 0 Å². The number of H-pyrrole nitrogens is 1. The summed E-state index contributed by atoms with van der Waals surface area (Å²) in [7, 11) is -3.92. The van der Waals surface area contributed by atoms with Gasteiger partial charge in [-0.15, -0.1) is 0 Å². The predicted molar refractivity (Wildman–Crippen MR) is 126 cm³/mol. The lowest BCUT2D eigenvalue weighted by molar-refractivity contribution is -0.143. The molecule has 0 aliphatic carbocycles. The number of fused-ring (bicyclic) bond motifs is 1. The van der Waals surface area contributed by atoms with Crippen LogP contribution >= 0.6 is 7.60 Å². The first-order valence-electron chi connectivity index (χ1n) is 11.2. The van der Waals surface area contributed by atoms with Crippen LogP contribution < -0.4 is 5.32 Å². The molecule has 0 radical (unpaired) electrons. The Kier molecular flexibility index (Phi) is 9.52. The Morgan fingerprint density at radius 3 is 2.27 bits per heavy atom. The number of carbonyl (C=O) groups excluding carboxylic acids is 2. The van der Waals surface area contributed by atoms with Gasteiger partial charge in [-0.1, -0.05) is 18.2 Å². The number of ether oxygens (including phenoxy) is 2. The summed E-state index contributed by atoms with van der Waals surface area (Å²) < 4.78 is 35.4. The van der Waals surface area contributed by atoms with Gasteiger partial charge in [-0.2, -0.15) is 0 Å². The van der Waals surface area contributed by atoms with Crippen molar-refractivity contribution in [1.82, 2.24) is 10.3 Å². The number of carbonyl (C=O) groups is 2. The van der Waals surface area contributed by atoms with Crippen molar-refractivity contribution in [2.45, 2.75) is 59.2 Å². The Hall–Kier alpha value is -2.35. The van der Waals surface area contributed by atoms with Crippen LogP contribution in [0.2, 0.25) is 0 Å². The number of aromatic nitrogens is 1. The number of hydrogen-bond donors (Lipinski definition) is 2. The van der Waals surface area contributed by atoms with E-state index in [2.05, 4.69) is 10.3 Å². The third kappa shape index (κ3) is 7.06. The van der Waals surface area contributed by atoms with Crippen LogP contribution in [0.5, 0.6) is 0 Å². The molecule has 0 aliphatic heterocycles. The van der Waals surface area contributed by atoms with Crippen molar-refractivity contribution >= 4 is 30.6 Å². The van der Waals surface area contributed by atoms with Crippen molar-refractivity contribution in [1.29, 1.82) is 0 Å². The highest BCUT2D eigenvalue weighted by atomic mass is 31.2. The van der Waals surface area contributed by atoms with E-state index in [1.165, 1.54) is 0 Å². The first kappa shape index (κ1) is 26.9. The molecule has 2 N–H and O–H groups in total. The molecule has 33 heavy (non-hydrogen) atoms. The fraction of sp³-hybridized carbons (Fsp3) is 0.565. The molecule has 0 bridgehead atoms. The van der Waals surface area contributed by atoms with Crippen LogP contribution in [0.15, 0.2) is 24.3 Å². The zero-order valence-electron chi connectivity index (χ0n) is 20.2. The minimum atomic E-state index is -3.92. The van der Waals surface area contributed by atoms with Gasteiger partial charge < -0.3 is 28.8 Å². The van der Waals surface area contributed by atoms with E-state index in [9.17, 15) is 14.2 Å². The minimum Gasteiger partial charge on any atom is -0.465 e. The van der Waals surface area contributed by atoms with Gasteiger partial charge in [0, 0.05) is 23.1 Å². The molecule has 1 heterocycles. The second-order valence-corrected chi connectivity index (χ2v) is 10.4. The molecule has 0 fully saturated rings. The largest absolute Gasteiger partial charge is 0.465 e. The number of rotatable bonds is 11. The van der Waals surface area contributed by atoms with Crippen LogP contribution in [0.1, 0.15) is 58.5 Å². The van der Waals surface area contributed by atoms with Gasteiger partial charge in [0.25, 0.3) is 0 Å². The van der Waals surface area contributed by atoms with E-state index in [0.29, 0.717) is 12.1 Å². The Bertz CT molecular complexity index is 986. The number of hydrogen-bond acceptors (Lipinski definition) is 7. The molecule has 184 valence electrons. The molecule has 0 aliphatic rings. The maximum atomic E-state index is 13.7. The van der Waals surface area contributed by atoms with Crippen molar-refractivity contribution in [3.05, 3.63) is 35.5 Å². The second-order valence-electron chi connectivity index (χ2n) is 8.27. The summed E-state index contributed by atoms with van der Waals surface area (Å²) in [5.74, 6) is -0.698. The van der Waals surface area contributed by atoms with Crippen LogP contribution in [-0.4, -0.2) is 49.0 Å². The first-order valence-corrected chi connectivity index (χ1v) is 12.8. The maximum absolute atomic E-state index is 13.7. The molecular weight excluding hydrogens is 447 g/mol. The van der Waals surface area contributed by atoms with E-state index >= 15 is 0 Å². The summed E-state index contributed by atoms with van der Waals surface area (Å²) >= 11 is 0. The molecule has 0 saturated carbocycles. The summed E-state index contributed by atoms with van der Waals surface area (Å²) in [6.45, 7) is 11.0. The van der Waals surface area contributed by atoms with E-state index in [1.807, 2.05) is 24.3 Å². The van der Waals surface area contributed by atoms with Gasteiger partial charge in [0.15, 0.2) is 5.66 Å². The number of aromatic amines is 1. The molecule has 1 aromatic carbocycles. The van der Waals surface area contributed by atoms with Crippen LogP contribution in [-0.2, 0) is 34.3 Å². The normalized spacial score (nSPS) is 13.0. The van der Waals surface area contributed by atoms with Crippen LogP contribution in [0, 0.1) is 0 Å². The van der Waals surface area contributed by atoms with E-state index in [4.69, 9.17) is 18.5 Å². The standard InChI is InChI=1S/C23H35N2O7P/c1-7-29-21(26)20(33(28,30-8-2)31-9-3)19-17(16-12-10-11-13-18(16)25-19)14-15-24-22(27)32-23(4,5)6/h10-13,20,25H,7-9,14-15H2,1-6H3,(H,24,27). The number of benzene rings is 1. The van der Waals surface area contributed by atoms with Crippen LogP contribution in [0.3, 0.4) is 0 Å². The zero-order chi connectivity index (χ0) is 24.6. The molecule has 1 aromatic heterocycles. The second kappa shape index (κ2) is 11.7. The number of esters is 1. The number of nitrogens with one attached hydrogen (secondary N) is 2. The van der Waals surface area contributed by atoms with Gasteiger partial charge in [0.05, 0.1) is 19.8 Å². The fourth-order valence-corrected chi connectivity index (χ4v) is 5.46. The van der Waals surface area contributed by atoms with Crippen LogP contribution in [0.4, 0.5) is 4.79 Å². The summed E-state index contributed by atoms with van der Waals surface area (Å²) in [5.41, 5.74) is -0.0350. The summed E-state index contributed by atoms with van der Waals surface area (Å²) in [6, 6.07) is 7.48. The molecule has 0 spiro atoms. The Balaban J connectivity index is 2.49. The average molecular weight is 483 g/mol. The lowest BCUT2D eigenvalue weighted by atomic mass is 10.1. The monoisotopic (exact) mass is 482 g/mol. The Morgan fingerprint density at radius 2 is 1.70 bits per heavy atom. The van der Waals surface area contributed by atoms with E-state index in [0.717, 1.165) is 16.5 Å². The maximum Gasteiger partial charge on any atom is 0.407 e. The predicted octanol–water partition coefficient (Wildman–Crippen LogP) is 5.11. The van der Waals surface area contributed by atoms with Crippen molar-refractivity contribution in [2.75, 3.05) is 26.4 Å². The van der Waals surface area contributed by atoms with E-state index < -0.39 is 30.9 Å². The van der Waals surface area contributed by atoms with Gasteiger partial charge in [-0.3, -0.25) is 9.36 Å². The van der Waals surface area contributed by atoms with Gasteiger partial charge >= 0.3 is 19.7 Å².